The summed E-state index contributed by atoms with van der Waals surface area (Å²) in [5.41, 5.74) is 3.62. The number of carbonyl (C=O) groups excluding carboxylic acids is 1. The van der Waals surface area contributed by atoms with Gasteiger partial charge in [-0.25, -0.2) is 4.98 Å². The smallest absolute Gasteiger partial charge is 0.247 e. The molecule has 1 amide bonds. The van der Waals surface area contributed by atoms with E-state index < -0.39 is 0 Å². The van der Waals surface area contributed by atoms with E-state index in [-0.39, 0.29) is 5.91 Å². The molecule has 2 aromatic carbocycles. The standard InChI is InChI=1S/C31H34N6O3S/c1-2-28(38)32-24-4-3-5-26(20-24)40-30-29-27(12-19-41-29)34-31(35-30)33-23-8-6-22(7-9-23)21-36-13-10-25(11-14-36)37-15-17-39-18-16-37/h2-9,12,19-20,25H,1,10-11,13-18,21H2,(H,32,38)(H,33,34,35). The molecule has 2 fully saturated rings. The normalized spacial score (nSPS) is 16.9. The Morgan fingerprint density at radius 1 is 1.05 bits per heavy atom. The number of ether oxygens (including phenoxy) is 2. The third-order valence-corrected chi connectivity index (χ3v) is 8.40. The number of morpholine rings is 1. The number of fused-ring (bicyclic) bond motifs is 1. The molecule has 41 heavy (non-hydrogen) atoms. The van der Waals surface area contributed by atoms with E-state index in [0.717, 1.165) is 61.8 Å². The van der Waals surface area contributed by atoms with Gasteiger partial charge in [0.15, 0.2) is 0 Å². The van der Waals surface area contributed by atoms with E-state index >= 15 is 0 Å². The number of likely N-dealkylation sites (tertiary alicyclic amines) is 1. The largest absolute Gasteiger partial charge is 0.437 e. The number of amides is 1. The van der Waals surface area contributed by atoms with Gasteiger partial charge in [-0.1, -0.05) is 24.8 Å². The number of piperidine rings is 1. The second kappa shape index (κ2) is 12.8. The first-order chi connectivity index (χ1) is 20.1. The van der Waals surface area contributed by atoms with Crippen LogP contribution in [0.4, 0.5) is 17.3 Å². The lowest BCUT2D eigenvalue weighted by molar-refractivity contribution is -0.111. The molecule has 0 radical (unpaired) electrons. The number of aromatic nitrogens is 2. The number of carbonyl (C=O) groups is 1. The van der Waals surface area contributed by atoms with Crippen LogP contribution in [0.5, 0.6) is 11.6 Å². The third-order valence-electron chi connectivity index (χ3n) is 7.51. The predicted molar refractivity (Wildman–Crippen MR) is 163 cm³/mol. The van der Waals surface area contributed by atoms with Crippen LogP contribution in [0, 0.1) is 0 Å². The number of nitrogens with one attached hydrogen (secondary N) is 2. The highest BCUT2D eigenvalue weighted by Crippen LogP contribution is 2.34. The van der Waals surface area contributed by atoms with Gasteiger partial charge in [0.1, 0.15) is 10.4 Å². The number of benzene rings is 2. The van der Waals surface area contributed by atoms with Gasteiger partial charge in [-0.05, 0) is 73.3 Å². The van der Waals surface area contributed by atoms with Gasteiger partial charge >= 0.3 is 0 Å². The Kier molecular flexibility index (Phi) is 8.52. The molecule has 0 unspecified atom stereocenters. The molecule has 0 saturated carbocycles. The van der Waals surface area contributed by atoms with Gasteiger partial charge in [0.25, 0.3) is 0 Å². The zero-order valence-electron chi connectivity index (χ0n) is 22.9. The Bertz CT molecular complexity index is 1490. The minimum atomic E-state index is -0.282. The Hall–Kier alpha value is -3.83. The maximum absolute atomic E-state index is 11.7. The summed E-state index contributed by atoms with van der Waals surface area (Å²) in [6, 6.07) is 18.3. The number of thiophene rings is 1. The lowest BCUT2D eigenvalue weighted by atomic mass is 10.0. The van der Waals surface area contributed by atoms with Crippen molar-refractivity contribution >= 4 is 44.8 Å². The molecule has 0 atom stereocenters. The topological polar surface area (TPSA) is 91.8 Å². The summed E-state index contributed by atoms with van der Waals surface area (Å²) >= 11 is 1.52. The van der Waals surface area contributed by atoms with Crippen molar-refractivity contribution in [1.29, 1.82) is 0 Å². The second-order valence-corrected chi connectivity index (χ2v) is 11.2. The molecule has 2 aromatic heterocycles. The van der Waals surface area contributed by atoms with Crippen LogP contribution in [0.25, 0.3) is 10.2 Å². The molecule has 9 nitrogen and oxygen atoms in total. The van der Waals surface area contributed by atoms with Crippen molar-refractivity contribution in [2.45, 2.75) is 25.4 Å². The second-order valence-electron chi connectivity index (χ2n) is 10.3. The summed E-state index contributed by atoms with van der Waals surface area (Å²) in [5.74, 6) is 1.19. The van der Waals surface area contributed by atoms with Gasteiger partial charge in [0.2, 0.25) is 17.7 Å². The van der Waals surface area contributed by atoms with E-state index in [4.69, 9.17) is 9.47 Å². The Morgan fingerprint density at radius 3 is 2.63 bits per heavy atom. The zero-order valence-corrected chi connectivity index (χ0v) is 23.7. The Labute approximate surface area is 243 Å². The molecule has 10 heteroatoms. The summed E-state index contributed by atoms with van der Waals surface area (Å²) in [6.45, 7) is 10.6. The first kappa shape index (κ1) is 27.3. The number of rotatable bonds is 9. The molecule has 2 aliphatic heterocycles. The average molecular weight is 571 g/mol. The highest BCUT2D eigenvalue weighted by Gasteiger charge is 2.25. The molecular weight excluding hydrogens is 536 g/mol. The number of nitrogens with zero attached hydrogens (tertiary/aromatic N) is 4. The van der Waals surface area contributed by atoms with E-state index in [1.54, 1.807) is 12.1 Å². The van der Waals surface area contributed by atoms with Crippen LogP contribution >= 0.6 is 11.3 Å². The molecule has 0 aliphatic carbocycles. The van der Waals surface area contributed by atoms with Gasteiger partial charge in [-0.2, -0.15) is 4.98 Å². The van der Waals surface area contributed by atoms with Crippen molar-refractivity contribution in [2.24, 2.45) is 0 Å². The van der Waals surface area contributed by atoms with Crippen LogP contribution in [0.3, 0.4) is 0 Å². The van der Waals surface area contributed by atoms with E-state index in [0.29, 0.717) is 29.3 Å². The fourth-order valence-electron chi connectivity index (χ4n) is 5.37. The third kappa shape index (κ3) is 6.91. The first-order valence-corrected chi connectivity index (χ1v) is 14.9. The van der Waals surface area contributed by atoms with E-state index in [1.165, 1.54) is 35.8 Å². The summed E-state index contributed by atoms with van der Waals surface area (Å²) in [4.78, 5) is 26.2. The van der Waals surface area contributed by atoms with Gasteiger partial charge in [-0.3, -0.25) is 14.6 Å². The van der Waals surface area contributed by atoms with Gasteiger partial charge in [-0.15, -0.1) is 11.3 Å². The molecule has 2 saturated heterocycles. The monoisotopic (exact) mass is 570 g/mol. The fourth-order valence-corrected chi connectivity index (χ4v) is 6.13. The van der Waals surface area contributed by atoms with Crippen LogP contribution < -0.4 is 15.4 Å². The van der Waals surface area contributed by atoms with Gasteiger partial charge < -0.3 is 20.1 Å². The number of hydrogen-bond acceptors (Lipinski definition) is 9. The Morgan fingerprint density at radius 2 is 1.85 bits per heavy atom. The maximum atomic E-state index is 11.7. The zero-order chi connectivity index (χ0) is 28.0. The summed E-state index contributed by atoms with van der Waals surface area (Å²) in [5, 5.41) is 8.05. The summed E-state index contributed by atoms with van der Waals surface area (Å²) in [6.07, 6.45) is 3.67. The van der Waals surface area contributed by atoms with Crippen molar-refractivity contribution in [1.82, 2.24) is 19.8 Å². The van der Waals surface area contributed by atoms with Crippen LogP contribution in [0.1, 0.15) is 18.4 Å². The maximum Gasteiger partial charge on any atom is 0.247 e. The van der Waals surface area contributed by atoms with Crippen molar-refractivity contribution in [3.63, 3.8) is 0 Å². The molecule has 0 spiro atoms. The van der Waals surface area contributed by atoms with Crippen molar-refractivity contribution < 1.29 is 14.3 Å². The van der Waals surface area contributed by atoms with E-state index in [1.807, 2.05) is 23.6 Å². The molecule has 4 heterocycles. The summed E-state index contributed by atoms with van der Waals surface area (Å²) < 4.78 is 12.5. The highest BCUT2D eigenvalue weighted by molar-refractivity contribution is 7.17. The SMILES string of the molecule is C=CC(=O)Nc1cccc(Oc2nc(Nc3ccc(CN4CCC(N5CCOCC5)CC4)cc3)nc3ccsc23)c1. The van der Waals surface area contributed by atoms with Crippen molar-refractivity contribution in [3.8, 4) is 11.6 Å². The van der Waals surface area contributed by atoms with Crippen LogP contribution in [-0.4, -0.2) is 71.1 Å². The van der Waals surface area contributed by atoms with Crippen LogP contribution in [0.2, 0.25) is 0 Å². The van der Waals surface area contributed by atoms with Gasteiger partial charge in [0, 0.05) is 43.1 Å². The molecular formula is C31H34N6O3S. The van der Waals surface area contributed by atoms with Crippen molar-refractivity contribution in [2.75, 3.05) is 50.0 Å². The lowest BCUT2D eigenvalue weighted by Crippen LogP contribution is -2.48. The van der Waals surface area contributed by atoms with Gasteiger partial charge in [0.05, 0.1) is 18.7 Å². The molecule has 4 aromatic rings. The first-order valence-electron chi connectivity index (χ1n) is 14.0. The molecule has 2 aliphatic rings. The van der Waals surface area contributed by atoms with Crippen LogP contribution in [-0.2, 0) is 16.1 Å². The summed E-state index contributed by atoms with van der Waals surface area (Å²) in [7, 11) is 0. The van der Waals surface area contributed by atoms with E-state index in [9.17, 15) is 4.79 Å². The van der Waals surface area contributed by atoms with Crippen molar-refractivity contribution in [3.05, 3.63) is 78.2 Å². The number of anilines is 3. The molecule has 0 bridgehead atoms. The highest BCUT2D eigenvalue weighted by atomic mass is 32.1. The number of hydrogen-bond donors (Lipinski definition) is 2. The molecule has 2 N–H and O–H groups in total. The minimum Gasteiger partial charge on any atom is -0.437 e. The predicted octanol–water partition coefficient (Wildman–Crippen LogP) is 5.65. The lowest BCUT2D eigenvalue weighted by Gasteiger charge is -2.40. The quantitative estimate of drug-likeness (QED) is 0.250. The Balaban J connectivity index is 1.09. The average Bonchev–Trinajstić information content (AvgIpc) is 3.48. The van der Waals surface area contributed by atoms with Crippen LogP contribution in [0.15, 0.2) is 72.6 Å². The molecule has 6 rings (SSSR count). The fraction of sp³-hybridized carbons (Fsp3) is 0.323. The molecule has 212 valence electrons. The van der Waals surface area contributed by atoms with E-state index in [2.05, 4.69) is 61.2 Å². The minimum absolute atomic E-state index is 0.282.